The highest BCUT2D eigenvalue weighted by atomic mass is 16.5. The summed E-state index contributed by atoms with van der Waals surface area (Å²) in [7, 11) is 0. The lowest BCUT2D eigenvalue weighted by atomic mass is 9.97. The van der Waals surface area contributed by atoms with E-state index >= 15 is 0 Å². The first-order chi connectivity index (χ1) is 12.3. The lowest BCUT2D eigenvalue weighted by Gasteiger charge is -2.28. The molecule has 2 aliphatic heterocycles. The molecule has 0 spiro atoms. The van der Waals surface area contributed by atoms with Crippen LogP contribution in [0.1, 0.15) is 36.9 Å². The van der Waals surface area contributed by atoms with Crippen LogP contribution in [-0.2, 0) is 28.9 Å². The molecule has 0 bridgehead atoms. The number of aromatic nitrogens is 2. The highest BCUT2D eigenvalue weighted by Crippen LogP contribution is 2.22. The predicted molar refractivity (Wildman–Crippen MR) is 94.9 cm³/mol. The minimum atomic E-state index is 0.0635. The molecule has 2 fully saturated rings. The van der Waals surface area contributed by atoms with Gasteiger partial charge in [-0.2, -0.15) is 5.10 Å². The van der Waals surface area contributed by atoms with Crippen LogP contribution < -0.4 is 5.56 Å². The summed E-state index contributed by atoms with van der Waals surface area (Å²) >= 11 is 0. The second kappa shape index (κ2) is 7.98. The van der Waals surface area contributed by atoms with Crippen LogP contribution in [0.15, 0.2) is 10.9 Å². The number of aryl methyl sites for hydroxylation is 2. The minimum absolute atomic E-state index is 0.0635. The van der Waals surface area contributed by atoms with Gasteiger partial charge < -0.3 is 9.47 Å². The van der Waals surface area contributed by atoms with Crippen molar-refractivity contribution in [3.05, 3.63) is 27.7 Å². The molecule has 3 heterocycles. The Hall–Kier alpha value is -1.24. The lowest BCUT2D eigenvalue weighted by molar-refractivity contribution is 0.0956. The molecule has 0 saturated carbocycles. The molecule has 25 heavy (non-hydrogen) atoms. The zero-order valence-electron chi connectivity index (χ0n) is 15.0. The molecule has 1 atom stereocenters. The molecule has 0 radical (unpaired) electrons. The SMILES string of the molecule is O=c1cc2c(nn1CC1CCCN1CC1COCCOC1)CCCC2. The van der Waals surface area contributed by atoms with Crippen molar-refractivity contribution in [2.45, 2.75) is 51.1 Å². The van der Waals surface area contributed by atoms with Gasteiger partial charge in [-0.25, -0.2) is 4.68 Å². The number of rotatable bonds is 4. The monoisotopic (exact) mass is 347 g/mol. The summed E-state index contributed by atoms with van der Waals surface area (Å²) in [6.45, 7) is 5.76. The Labute approximate surface area is 149 Å². The molecular weight excluding hydrogens is 318 g/mol. The van der Waals surface area contributed by atoms with Gasteiger partial charge in [-0.15, -0.1) is 0 Å². The van der Waals surface area contributed by atoms with E-state index in [0.29, 0.717) is 31.7 Å². The Morgan fingerprint density at radius 3 is 2.72 bits per heavy atom. The molecule has 138 valence electrons. The van der Waals surface area contributed by atoms with E-state index in [1.807, 2.05) is 6.07 Å². The third-order valence-corrected chi connectivity index (χ3v) is 5.73. The van der Waals surface area contributed by atoms with Gasteiger partial charge >= 0.3 is 0 Å². The Bertz CT molecular complexity index is 637. The Balaban J connectivity index is 1.43. The fourth-order valence-electron chi connectivity index (χ4n) is 4.38. The smallest absolute Gasteiger partial charge is 0.267 e. The quantitative estimate of drug-likeness (QED) is 0.820. The van der Waals surface area contributed by atoms with Crippen molar-refractivity contribution >= 4 is 0 Å². The largest absolute Gasteiger partial charge is 0.379 e. The summed E-state index contributed by atoms with van der Waals surface area (Å²) in [4.78, 5) is 15.0. The maximum atomic E-state index is 12.5. The van der Waals surface area contributed by atoms with Gasteiger partial charge in [-0.1, -0.05) is 0 Å². The van der Waals surface area contributed by atoms with Crippen molar-refractivity contribution in [1.29, 1.82) is 0 Å². The fraction of sp³-hybridized carbons (Fsp3) is 0.789. The Kier molecular flexibility index (Phi) is 5.48. The third kappa shape index (κ3) is 4.13. The van der Waals surface area contributed by atoms with Gasteiger partial charge in [0.05, 0.1) is 38.7 Å². The summed E-state index contributed by atoms with van der Waals surface area (Å²) in [6, 6.07) is 2.23. The van der Waals surface area contributed by atoms with E-state index in [4.69, 9.17) is 14.6 Å². The first-order valence-electron chi connectivity index (χ1n) is 9.79. The predicted octanol–water partition coefficient (Wildman–Crippen LogP) is 1.25. The van der Waals surface area contributed by atoms with Crippen LogP contribution in [0.4, 0.5) is 0 Å². The second-order valence-corrected chi connectivity index (χ2v) is 7.65. The van der Waals surface area contributed by atoms with Crippen molar-refractivity contribution in [2.24, 2.45) is 5.92 Å². The molecule has 6 heteroatoms. The first kappa shape index (κ1) is 17.2. The fourth-order valence-corrected chi connectivity index (χ4v) is 4.38. The molecular formula is C19H29N3O3. The van der Waals surface area contributed by atoms with Gasteiger partial charge in [0.1, 0.15) is 0 Å². The average molecular weight is 347 g/mol. The van der Waals surface area contributed by atoms with Crippen LogP contribution in [0, 0.1) is 5.92 Å². The summed E-state index contributed by atoms with van der Waals surface area (Å²) in [6.07, 6.45) is 6.73. The van der Waals surface area contributed by atoms with Crippen LogP contribution in [-0.4, -0.2) is 60.2 Å². The van der Waals surface area contributed by atoms with Crippen LogP contribution >= 0.6 is 0 Å². The molecule has 3 aliphatic rings. The summed E-state index contributed by atoms with van der Waals surface area (Å²) in [5.74, 6) is 0.427. The molecule has 4 rings (SSSR count). The van der Waals surface area contributed by atoms with E-state index in [2.05, 4.69) is 4.90 Å². The standard InChI is InChI=1S/C19H29N3O3/c23-19-10-16-4-1-2-6-18(16)20-22(19)12-17-5-3-7-21(17)11-15-13-24-8-9-25-14-15/h10,15,17H,1-9,11-14H2. The molecule has 0 N–H and O–H groups in total. The molecule has 1 unspecified atom stereocenters. The summed E-state index contributed by atoms with van der Waals surface area (Å²) in [5, 5.41) is 4.70. The maximum Gasteiger partial charge on any atom is 0.267 e. The van der Waals surface area contributed by atoms with Gasteiger partial charge in [-0.05, 0) is 50.6 Å². The number of hydrogen-bond acceptors (Lipinski definition) is 5. The number of fused-ring (bicyclic) bond motifs is 1. The molecule has 1 aromatic rings. The van der Waals surface area contributed by atoms with Gasteiger partial charge in [0, 0.05) is 24.6 Å². The number of likely N-dealkylation sites (tertiary alicyclic amines) is 1. The number of nitrogens with zero attached hydrogens (tertiary/aromatic N) is 3. The summed E-state index contributed by atoms with van der Waals surface area (Å²) < 4.78 is 13.0. The first-order valence-corrected chi connectivity index (χ1v) is 9.79. The van der Waals surface area contributed by atoms with E-state index in [0.717, 1.165) is 51.3 Å². The summed E-state index contributed by atoms with van der Waals surface area (Å²) in [5.41, 5.74) is 2.37. The highest BCUT2D eigenvalue weighted by molar-refractivity contribution is 5.20. The van der Waals surface area contributed by atoms with Crippen LogP contribution in [0.25, 0.3) is 0 Å². The molecule has 1 aliphatic carbocycles. The number of ether oxygens (including phenoxy) is 2. The average Bonchev–Trinajstić information content (AvgIpc) is 2.88. The third-order valence-electron chi connectivity index (χ3n) is 5.73. The molecule has 1 aromatic heterocycles. The van der Waals surface area contributed by atoms with Crippen molar-refractivity contribution in [3.8, 4) is 0 Å². The van der Waals surface area contributed by atoms with Gasteiger partial charge in [0.15, 0.2) is 0 Å². The van der Waals surface area contributed by atoms with Gasteiger partial charge in [0.2, 0.25) is 0 Å². The van der Waals surface area contributed by atoms with Crippen LogP contribution in [0.2, 0.25) is 0 Å². The topological polar surface area (TPSA) is 56.6 Å². The van der Waals surface area contributed by atoms with Crippen molar-refractivity contribution in [1.82, 2.24) is 14.7 Å². The van der Waals surface area contributed by atoms with Crippen LogP contribution in [0.5, 0.6) is 0 Å². The van der Waals surface area contributed by atoms with Crippen LogP contribution in [0.3, 0.4) is 0 Å². The van der Waals surface area contributed by atoms with Crippen molar-refractivity contribution in [2.75, 3.05) is 39.5 Å². The van der Waals surface area contributed by atoms with E-state index in [1.54, 1.807) is 4.68 Å². The van der Waals surface area contributed by atoms with Gasteiger partial charge in [-0.3, -0.25) is 9.69 Å². The van der Waals surface area contributed by atoms with E-state index < -0.39 is 0 Å². The second-order valence-electron chi connectivity index (χ2n) is 7.65. The maximum absolute atomic E-state index is 12.5. The Morgan fingerprint density at radius 1 is 1.08 bits per heavy atom. The zero-order valence-corrected chi connectivity index (χ0v) is 15.0. The van der Waals surface area contributed by atoms with Crippen molar-refractivity contribution in [3.63, 3.8) is 0 Å². The lowest BCUT2D eigenvalue weighted by Crippen LogP contribution is -2.41. The van der Waals surface area contributed by atoms with E-state index in [1.165, 1.54) is 24.8 Å². The van der Waals surface area contributed by atoms with E-state index in [9.17, 15) is 4.79 Å². The number of hydrogen-bond donors (Lipinski definition) is 0. The molecule has 0 amide bonds. The molecule has 2 saturated heterocycles. The normalized spacial score (nSPS) is 25.7. The minimum Gasteiger partial charge on any atom is -0.379 e. The molecule has 0 aromatic carbocycles. The van der Waals surface area contributed by atoms with Gasteiger partial charge in [0.25, 0.3) is 5.56 Å². The molecule has 6 nitrogen and oxygen atoms in total. The van der Waals surface area contributed by atoms with Crippen molar-refractivity contribution < 1.29 is 9.47 Å². The highest BCUT2D eigenvalue weighted by Gasteiger charge is 2.28. The van der Waals surface area contributed by atoms with E-state index in [-0.39, 0.29) is 5.56 Å². The zero-order chi connectivity index (χ0) is 17.1. The Morgan fingerprint density at radius 2 is 1.88 bits per heavy atom.